The zero-order valence-corrected chi connectivity index (χ0v) is 11.8. The smallest absolute Gasteiger partial charge is 0.356 e. The van der Waals surface area contributed by atoms with E-state index in [4.69, 9.17) is 5.11 Å². The molecule has 0 aliphatic carbocycles. The minimum Gasteiger partial charge on any atom is -0.476 e. The monoisotopic (exact) mass is 267 g/mol. The molecule has 0 saturated carbocycles. The van der Waals surface area contributed by atoms with Crippen LogP contribution in [0.15, 0.2) is 6.20 Å². The van der Waals surface area contributed by atoms with Crippen LogP contribution < -0.4 is 4.90 Å². The first kappa shape index (κ1) is 15.4. The fourth-order valence-electron chi connectivity index (χ4n) is 1.80. The minimum atomic E-state index is -1.08. The van der Waals surface area contributed by atoms with E-state index in [2.05, 4.69) is 9.97 Å². The first-order valence-electron chi connectivity index (χ1n) is 6.36. The molecule has 0 spiro atoms. The Kier molecular flexibility index (Phi) is 5.23. The highest BCUT2D eigenvalue weighted by molar-refractivity contribution is 5.92. The Bertz CT molecular complexity index is 447. The molecule has 6 nitrogen and oxygen atoms in total. The molecule has 1 heterocycles. The van der Waals surface area contributed by atoms with Crippen molar-refractivity contribution in [1.82, 2.24) is 9.97 Å². The molecule has 0 amide bonds. The molecule has 19 heavy (non-hydrogen) atoms. The Hall–Kier alpha value is -1.69. The van der Waals surface area contributed by atoms with E-state index in [0.29, 0.717) is 18.1 Å². The molecule has 0 aliphatic heterocycles. The van der Waals surface area contributed by atoms with Gasteiger partial charge in [-0.25, -0.2) is 14.8 Å². The van der Waals surface area contributed by atoms with E-state index in [9.17, 15) is 9.90 Å². The lowest BCUT2D eigenvalue weighted by Gasteiger charge is -2.28. The Balaban J connectivity index is 3.28. The van der Waals surface area contributed by atoms with Gasteiger partial charge < -0.3 is 15.1 Å². The lowest BCUT2D eigenvalue weighted by Crippen LogP contribution is -2.35. The van der Waals surface area contributed by atoms with Gasteiger partial charge in [-0.3, -0.25) is 0 Å². The van der Waals surface area contributed by atoms with Crippen LogP contribution in [-0.2, 0) is 0 Å². The van der Waals surface area contributed by atoms with E-state index in [-0.39, 0.29) is 24.3 Å². The third-order valence-electron chi connectivity index (χ3n) is 2.78. The molecule has 0 saturated heterocycles. The van der Waals surface area contributed by atoms with Crippen LogP contribution in [0.5, 0.6) is 0 Å². The summed E-state index contributed by atoms with van der Waals surface area (Å²) in [6.07, 6.45) is 1.53. The SMILES string of the molecule is CC(C)c1ncc(N(CCO)C(C)C)c(C(=O)O)n1. The van der Waals surface area contributed by atoms with Gasteiger partial charge in [0.25, 0.3) is 0 Å². The van der Waals surface area contributed by atoms with Crippen LogP contribution in [0, 0.1) is 0 Å². The van der Waals surface area contributed by atoms with Crippen molar-refractivity contribution in [3.05, 3.63) is 17.7 Å². The van der Waals surface area contributed by atoms with Crippen LogP contribution in [0.25, 0.3) is 0 Å². The van der Waals surface area contributed by atoms with E-state index < -0.39 is 5.97 Å². The van der Waals surface area contributed by atoms with Crippen LogP contribution in [0.2, 0.25) is 0 Å². The molecule has 0 aliphatic rings. The largest absolute Gasteiger partial charge is 0.476 e. The molecule has 1 rings (SSSR count). The Labute approximate surface area is 113 Å². The summed E-state index contributed by atoms with van der Waals surface area (Å²) in [5.74, 6) is -0.505. The van der Waals surface area contributed by atoms with E-state index in [1.807, 2.05) is 27.7 Å². The minimum absolute atomic E-state index is 0.0131. The van der Waals surface area contributed by atoms with Gasteiger partial charge in [-0.05, 0) is 13.8 Å². The maximum Gasteiger partial charge on any atom is 0.356 e. The van der Waals surface area contributed by atoms with Crippen molar-refractivity contribution in [2.45, 2.75) is 39.7 Å². The second kappa shape index (κ2) is 6.47. The van der Waals surface area contributed by atoms with Gasteiger partial charge in [0.2, 0.25) is 0 Å². The molecule has 1 aromatic rings. The highest BCUT2D eigenvalue weighted by atomic mass is 16.4. The summed E-state index contributed by atoms with van der Waals surface area (Å²) in [6, 6.07) is 0.0544. The summed E-state index contributed by atoms with van der Waals surface area (Å²) in [5.41, 5.74) is 0.432. The average molecular weight is 267 g/mol. The van der Waals surface area contributed by atoms with Gasteiger partial charge in [0.05, 0.1) is 18.5 Å². The molecular formula is C13H21N3O3. The predicted molar refractivity (Wildman–Crippen MR) is 72.6 cm³/mol. The topological polar surface area (TPSA) is 86.5 Å². The average Bonchev–Trinajstić information content (AvgIpc) is 2.34. The van der Waals surface area contributed by atoms with Gasteiger partial charge >= 0.3 is 5.97 Å². The third-order valence-corrected chi connectivity index (χ3v) is 2.78. The Morgan fingerprint density at radius 1 is 1.37 bits per heavy atom. The van der Waals surface area contributed by atoms with Gasteiger partial charge in [0.15, 0.2) is 5.69 Å². The molecule has 0 aromatic carbocycles. The second-order valence-corrected chi connectivity index (χ2v) is 4.93. The van der Waals surface area contributed by atoms with Crippen molar-refractivity contribution >= 4 is 11.7 Å². The number of aromatic carboxylic acids is 1. The maximum absolute atomic E-state index is 11.3. The van der Waals surface area contributed by atoms with Crippen molar-refractivity contribution in [3.63, 3.8) is 0 Å². The first-order valence-corrected chi connectivity index (χ1v) is 6.36. The fourth-order valence-corrected chi connectivity index (χ4v) is 1.80. The number of anilines is 1. The fraction of sp³-hybridized carbons (Fsp3) is 0.615. The molecular weight excluding hydrogens is 246 g/mol. The van der Waals surface area contributed by atoms with Crippen molar-refractivity contribution in [1.29, 1.82) is 0 Å². The Morgan fingerprint density at radius 3 is 2.42 bits per heavy atom. The van der Waals surface area contributed by atoms with Crippen LogP contribution in [0.1, 0.15) is 49.9 Å². The van der Waals surface area contributed by atoms with Gasteiger partial charge in [-0.2, -0.15) is 0 Å². The van der Waals surface area contributed by atoms with Crippen LogP contribution >= 0.6 is 0 Å². The van der Waals surface area contributed by atoms with E-state index in [1.165, 1.54) is 6.20 Å². The first-order chi connectivity index (χ1) is 8.88. The second-order valence-electron chi connectivity index (χ2n) is 4.93. The van der Waals surface area contributed by atoms with Crippen molar-refractivity contribution in [3.8, 4) is 0 Å². The standard InChI is InChI=1S/C13H21N3O3/c1-8(2)12-14-7-10(11(15-12)13(18)19)16(5-6-17)9(3)4/h7-9,17H,5-6H2,1-4H3,(H,18,19). The molecule has 0 bridgehead atoms. The van der Waals surface area contributed by atoms with Crippen molar-refractivity contribution in [2.75, 3.05) is 18.1 Å². The number of hydrogen-bond acceptors (Lipinski definition) is 5. The number of carbonyl (C=O) groups is 1. The summed E-state index contributed by atoms with van der Waals surface area (Å²) in [4.78, 5) is 21.5. The lowest BCUT2D eigenvalue weighted by atomic mass is 10.2. The molecule has 1 aromatic heterocycles. The van der Waals surface area contributed by atoms with Gasteiger partial charge in [0, 0.05) is 18.5 Å². The van der Waals surface area contributed by atoms with E-state index in [0.717, 1.165) is 0 Å². The summed E-state index contributed by atoms with van der Waals surface area (Å²) < 4.78 is 0. The number of rotatable bonds is 6. The molecule has 0 atom stereocenters. The molecule has 0 radical (unpaired) electrons. The number of carboxylic acids is 1. The molecule has 2 N–H and O–H groups in total. The van der Waals surface area contributed by atoms with Crippen molar-refractivity contribution < 1.29 is 15.0 Å². The highest BCUT2D eigenvalue weighted by Gasteiger charge is 2.21. The van der Waals surface area contributed by atoms with E-state index in [1.54, 1.807) is 4.90 Å². The zero-order valence-electron chi connectivity index (χ0n) is 11.8. The quantitative estimate of drug-likeness (QED) is 0.812. The van der Waals surface area contributed by atoms with Gasteiger partial charge in [0.1, 0.15) is 5.82 Å². The third kappa shape index (κ3) is 3.64. The number of aliphatic hydroxyl groups excluding tert-OH is 1. The molecule has 106 valence electrons. The van der Waals surface area contributed by atoms with Crippen molar-refractivity contribution in [2.24, 2.45) is 0 Å². The summed E-state index contributed by atoms with van der Waals surface area (Å²) in [6.45, 7) is 7.98. The summed E-state index contributed by atoms with van der Waals surface area (Å²) in [5, 5.41) is 18.4. The zero-order chi connectivity index (χ0) is 14.6. The summed E-state index contributed by atoms with van der Waals surface area (Å²) in [7, 11) is 0. The van der Waals surface area contributed by atoms with Gasteiger partial charge in [-0.1, -0.05) is 13.8 Å². The lowest BCUT2D eigenvalue weighted by molar-refractivity contribution is 0.0690. The maximum atomic E-state index is 11.3. The molecule has 6 heteroatoms. The van der Waals surface area contributed by atoms with E-state index >= 15 is 0 Å². The van der Waals surface area contributed by atoms with Crippen LogP contribution in [-0.4, -0.2) is 45.3 Å². The van der Waals surface area contributed by atoms with Crippen LogP contribution in [0.4, 0.5) is 5.69 Å². The number of aromatic nitrogens is 2. The predicted octanol–water partition coefficient (Wildman–Crippen LogP) is 1.51. The van der Waals surface area contributed by atoms with Crippen LogP contribution in [0.3, 0.4) is 0 Å². The summed E-state index contributed by atoms with van der Waals surface area (Å²) >= 11 is 0. The normalized spacial score (nSPS) is 11.1. The Morgan fingerprint density at radius 2 is 2.00 bits per heavy atom. The number of aliphatic hydroxyl groups is 1. The molecule has 0 fully saturated rings. The number of nitrogens with zero attached hydrogens (tertiary/aromatic N) is 3. The van der Waals surface area contributed by atoms with Gasteiger partial charge in [-0.15, -0.1) is 0 Å². The highest BCUT2D eigenvalue weighted by Crippen LogP contribution is 2.22. The molecule has 0 unspecified atom stereocenters. The number of carboxylic acid groups (broad SMARTS) is 1. The number of hydrogen-bond donors (Lipinski definition) is 2.